The highest BCUT2D eigenvalue weighted by Gasteiger charge is 2.10. The predicted molar refractivity (Wildman–Crippen MR) is 71.1 cm³/mol. The zero-order valence-electron chi connectivity index (χ0n) is 10.7. The molecular formula is C13H23NOS. The molecule has 0 spiro atoms. The Morgan fingerprint density at radius 2 is 2.06 bits per heavy atom. The molecule has 3 heteroatoms. The van der Waals surface area contributed by atoms with Gasteiger partial charge in [0, 0.05) is 15.8 Å². The first-order valence-corrected chi connectivity index (χ1v) is 6.80. The molecule has 0 aliphatic carbocycles. The summed E-state index contributed by atoms with van der Waals surface area (Å²) in [6.07, 6.45) is 1.73. The van der Waals surface area contributed by atoms with Crippen LogP contribution in [-0.4, -0.2) is 17.8 Å². The third kappa shape index (κ3) is 4.24. The molecule has 0 bridgehead atoms. The van der Waals surface area contributed by atoms with Crippen molar-refractivity contribution < 1.29 is 5.11 Å². The first-order valence-electron chi connectivity index (χ1n) is 5.99. The van der Waals surface area contributed by atoms with E-state index in [0.29, 0.717) is 6.04 Å². The van der Waals surface area contributed by atoms with Crippen molar-refractivity contribution in [2.24, 2.45) is 0 Å². The van der Waals surface area contributed by atoms with E-state index in [2.05, 4.69) is 32.2 Å². The lowest BCUT2D eigenvalue weighted by Gasteiger charge is -2.14. The summed E-state index contributed by atoms with van der Waals surface area (Å²) >= 11 is 1.86. The van der Waals surface area contributed by atoms with Gasteiger partial charge in [-0.25, -0.2) is 0 Å². The average Bonchev–Trinajstić information content (AvgIpc) is 2.52. The van der Waals surface area contributed by atoms with E-state index in [0.717, 1.165) is 19.4 Å². The molecule has 0 saturated carbocycles. The van der Waals surface area contributed by atoms with Crippen LogP contribution in [0.1, 0.15) is 48.0 Å². The third-order valence-electron chi connectivity index (χ3n) is 2.80. The van der Waals surface area contributed by atoms with Gasteiger partial charge in [-0.3, -0.25) is 0 Å². The molecule has 0 aliphatic heterocycles. The lowest BCUT2D eigenvalue weighted by molar-refractivity contribution is 0.181. The van der Waals surface area contributed by atoms with Crippen LogP contribution in [0.2, 0.25) is 0 Å². The second-order valence-electron chi connectivity index (χ2n) is 4.54. The van der Waals surface area contributed by atoms with Crippen molar-refractivity contribution in [3.63, 3.8) is 0 Å². The number of hydrogen-bond donors (Lipinski definition) is 2. The molecule has 92 valence electrons. The van der Waals surface area contributed by atoms with E-state index < -0.39 is 0 Å². The van der Waals surface area contributed by atoms with Gasteiger partial charge in [0.2, 0.25) is 0 Å². The van der Waals surface area contributed by atoms with Gasteiger partial charge in [-0.1, -0.05) is 0 Å². The van der Waals surface area contributed by atoms with Crippen LogP contribution < -0.4 is 5.32 Å². The van der Waals surface area contributed by atoms with Crippen LogP contribution in [0.4, 0.5) is 0 Å². The van der Waals surface area contributed by atoms with Gasteiger partial charge in [-0.2, -0.15) is 0 Å². The van der Waals surface area contributed by atoms with Crippen molar-refractivity contribution in [2.45, 2.75) is 52.7 Å². The molecular weight excluding hydrogens is 218 g/mol. The van der Waals surface area contributed by atoms with Crippen LogP contribution >= 0.6 is 11.3 Å². The average molecular weight is 241 g/mol. The highest BCUT2D eigenvalue weighted by molar-refractivity contribution is 7.12. The number of aliphatic hydroxyl groups excluding tert-OH is 1. The molecule has 16 heavy (non-hydrogen) atoms. The van der Waals surface area contributed by atoms with Gasteiger partial charge in [0.25, 0.3) is 0 Å². The van der Waals surface area contributed by atoms with Crippen LogP contribution in [0, 0.1) is 13.8 Å². The monoisotopic (exact) mass is 241 g/mol. The van der Waals surface area contributed by atoms with Crippen molar-refractivity contribution in [3.8, 4) is 0 Å². The van der Waals surface area contributed by atoms with E-state index >= 15 is 0 Å². The first-order chi connectivity index (χ1) is 7.50. The summed E-state index contributed by atoms with van der Waals surface area (Å²) < 4.78 is 0. The van der Waals surface area contributed by atoms with E-state index in [-0.39, 0.29) is 6.10 Å². The van der Waals surface area contributed by atoms with E-state index in [9.17, 15) is 0 Å². The molecule has 0 saturated heterocycles. The van der Waals surface area contributed by atoms with Gasteiger partial charge in [0.15, 0.2) is 0 Å². The summed E-state index contributed by atoms with van der Waals surface area (Å²) in [5.41, 5.74) is 1.42. The minimum Gasteiger partial charge on any atom is -0.393 e. The van der Waals surface area contributed by atoms with Crippen LogP contribution in [0.5, 0.6) is 0 Å². The minimum absolute atomic E-state index is 0.178. The van der Waals surface area contributed by atoms with Crippen molar-refractivity contribution in [3.05, 3.63) is 21.4 Å². The van der Waals surface area contributed by atoms with Gasteiger partial charge in [-0.05, 0) is 58.7 Å². The molecule has 1 aromatic rings. The molecule has 1 aromatic heterocycles. The second kappa shape index (κ2) is 6.38. The van der Waals surface area contributed by atoms with Gasteiger partial charge in [0.1, 0.15) is 0 Å². The molecule has 2 nitrogen and oxygen atoms in total. The Bertz CT molecular complexity index is 320. The summed E-state index contributed by atoms with van der Waals surface area (Å²) in [6, 6.07) is 2.69. The van der Waals surface area contributed by atoms with E-state index in [1.165, 1.54) is 15.3 Å². The summed E-state index contributed by atoms with van der Waals surface area (Å²) in [5.74, 6) is 0. The smallest absolute Gasteiger partial charge is 0.0512 e. The molecule has 1 rings (SSSR count). The maximum Gasteiger partial charge on any atom is 0.0512 e. The maximum absolute atomic E-state index is 9.16. The Kier molecular flexibility index (Phi) is 5.46. The quantitative estimate of drug-likeness (QED) is 0.750. The first kappa shape index (κ1) is 13.7. The highest BCUT2D eigenvalue weighted by Crippen LogP contribution is 2.25. The predicted octanol–water partition coefficient (Wildman–Crippen LogP) is 3.18. The van der Waals surface area contributed by atoms with Crippen molar-refractivity contribution in [1.29, 1.82) is 0 Å². The summed E-state index contributed by atoms with van der Waals surface area (Å²) in [5, 5.41) is 12.7. The number of nitrogens with one attached hydrogen (secondary N) is 1. The Balaban J connectivity index is 2.35. The SMILES string of the molecule is Cc1cc(C(C)NCCCC(C)O)c(C)s1. The van der Waals surface area contributed by atoms with E-state index in [1.807, 2.05) is 18.3 Å². The maximum atomic E-state index is 9.16. The number of aryl methyl sites for hydroxylation is 2. The molecule has 0 aliphatic rings. The summed E-state index contributed by atoms with van der Waals surface area (Å²) in [7, 11) is 0. The van der Waals surface area contributed by atoms with Crippen molar-refractivity contribution >= 4 is 11.3 Å². The Morgan fingerprint density at radius 3 is 2.56 bits per heavy atom. The minimum atomic E-state index is -0.178. The zero-order chi connectivity index (χ0) is 12.1. The standard InChI is InChI=1S/C13H23NOS/c1-9(15)6-5-7-14-11(3)13-8-10(2)16-12(13)4/h8-9,11,14-15H,5-7H2,1-4H3. The van der Waals surface area contributed by atoms with E-state index in [1.54, 1.807) is 0 Å². The molecule has 0 aromatic carbocycles. The lowest BCUT2D eigenvalue weighted by atomic mass is 10.1. The van der Waals surface area contributed by atoms with Crippen LogP contribution in [0.15, 0.2) is 6.07 Å². The largest absolute Gasteiger partial charge is 0.393 e. The lowest BCUT2D eigenvalue weighted by Crippen LogP contribution is -2.20. The third-order valence-corrected chi connectivity index (χ3v) is 3.78. The Morgan fingerprint density at radius 1 is 1.38 bits per heavy atom. The molecule has 2 atom stereocenters. The van der Waals surface area contributed by atoms with Gasteiger partial charge >= 0.3 is 0 Å². The molecule has 1 heterocycles. The number of thiophene rings is 1. The second-order valence-corrected chi connectivity index (χ2v) is 6.00. The fourth-order valence-electron chi connectivity index (χ4n) is 1.91. The number of hydrogen-bond acceptors (Lipinski definition) is 3. The van der Waals surface area contributed by atoms with Crippen LogP contribution in [0.25, 0.3) is 0 Å². The van der Waals surface area contributed by atoms with E-state index in [4.69, 9.17) is 5.11 Å². The van der Waals surface area contributed by atoms with Crippen LogP contribution in [-0.2, 0) is 0 Å². The zero-order valence-corrected chi connectivity index (χ0v) is 11.5. The Hall–Kier alpha value is -0.380. The van der Waals surface area contributed by atoms with Gasteiger partial charge in [-0.15, -0.1) is 11.3 Å². The summed E-state index contributed by atoms with van der Waals surface area (Å²) in [4.78, 5) is 2.79. The fourth-order valence-corrected chi connectivity index (χ4v) is 2.93. The Labute approximate surface area is 103 Å². The molecule has 2 N–H and O–H groups in total. The van der Waals surface area contributed by atoms with Crippen molar-refractivity contribution in [2.75, 3.05) is 6.54 Å². The topological polar surface area (TPSA) is 32.3 Å². The van der Waals surface area contributed by atoms with Crippen molar-refractivity contribution in [1.82, 2.24) is 5.32 Å². The summed E-state index contributed by atoms with van der Waals surface area (Å²) in [6.45, 7) is 9.36. The number of aliphatic hydroxyl groups is 1. The van der Waals surface area contributed by atoms with Gasteiger partial charge in [0.05, 0.1) is 6.10 Å². The normalized spacial score (nSPS) is 15.1. The fraction of sp³-hybridized carbons (Fsp3) is 0.692. The number of rotatable bonds is 6. The van der Waals surface area contributed by atoms with Crippen LogP contribution in [0.3, 0.4) is 0 Å². The molecule has 0 radical (unpaired) electrons. The highest BCUT2D eigenvalue weighted by atomic mass is 32.1. The van der Waals surface area contributed by atoms with Gasteiger partial charge < -0.3 is 10.4 Å². The molecule has 2 unspecified atom stereocenters. The molecule has 0 amide bonds. The molecule has 0 fully saturated rings.